The first-order valence-corrected chi connectivity index (χ1v) is 9.85. The highest BCUT2D eigenvalue weighted by molar-refractivity contribution is 5.84. The molecule has 0 amide bonds. The Hall–Kier alpha value is -3.76. The van der Waals surface area contributed by atoms with Crippen LogP contribution in [0.15, 0.2) is 102 Å². The fourth-order valence-electron chi connectivity index (χ4n) is 3.69. The number of furan rings is 1. The summed E-state index contributed by atoms with van der Waals surface area (Å²) < 4.78 is 5.40. The van der Waals surface area contributed by atoms with Gasteiger partial charge in [-0.3, -0.25) is 0 Å². The van der Waals surface area contributed by atoms with Gasteiger partial charge in [0.2, 0.25) is 0 Å². The number of hydrogen-bond acceptors (Lipinski definition) is 1. The van der Waals surface area contributed by atoms with Gasteiger partial charge in [0.15, 0.2) is 0 Å². The molecular weight excluding hydrogens is 352 g/mol. The molecule has 0 saturated heterocycles. The molecule has 0 aliphatic carbocycles. The summed E-state index contributed by atoms with van der Waals surface area (Å²) in [5, 5.41) is 3.61. The van der Waals surface area contributed by atoms with E-state index < -0.39 is 0 Å². The van der Waals surface area contributed by atoms with Crippen LogP contribution in [0.1, 0.15) is 22.3 Å². The van der Waals surface area contributed by atoms with Gasteiger partial charge in [-0.15, -0.1) is 0 Å². The van der Waals surface area contributed by atoms with Crippen LogP contribution in [-0.2, 0) is 12.8 Å². The van der Waals surface area contributed by atoms with E-state index in [1.807, 2.05) is 12.1 Å². The molecule has 0 N–H and O–H groups in total. The van der Waals surface area contributed by atoms with E-state index in [1.165, 1.54) is 27.5 Å². The summed E-state index contributed by atoms with van der Waals surface area (Å²) in [5.74, 6) is 6.64. The number of hydrogen-bond donors (Lipinski definition) is 0. The quantitative estimate of drug-likeness (QED) is 0.319. The lowest BCUT2D eigenvalue weighted by Crippen LogP contribution is -1.88. The van der Waals surface area contributed by atoms with Gasteiger partial charge in [0.1, 0.15) is 5.58 Å². The molecule has 138 valence electrons. The summed E-state index contributed by atoms with van der Waals surface area (Å²) in [6.07, 6.45) is 3.40. The van der Waals surface area contributed by atoms with E-state index in [4.69, 9.17) is 4.42 Å². The molecule has 0 saturated carbocycles. The average molecular weight is 372 g/mol. The van der Waals surface area contributed by atoms with Crippen molar-refractivity contribution >= 4 is 21.7 Å². The van der Waals surface area contributed by atoms with Gasteiger partial charge in [0.25, 0.3) is 0 Å². The Morgan fingerprint density at radius 1 is 0.621 bits per heavy atom. The van der Waals surface area contributed by atoms with Gasteiger partial charge < -0.3 is 4.42 Å². The van der Waals surface area contributed by atoms with E-state index in [0.717, 1.165) is 29.4 Å². The third kappa shape index (κ3) is 3.93. The maximum Gasteiger partial charge on any atom is 0.133 e. The molecule has 5 rings (SSSR count). The van der Waals surface area contributed by atoms with Crippen molar-refractivity contribution < 1.29 is 4.42 Å². The van der Waals surface area contributed by atoms with Gasteiger partial charge in [0.05, 0.1) is 6.26 Å². The molecule has 5 aromatic rings. The summed E-state index contributed by atoms with van der Waals surface area (Å²) in [6.45, 7) is 0. The summed E-state index contributed by atoms with van der Waals surface area (Å²) in [7, 11) is 0. The number of benzene rings is 4. The second-order valence-corrected chi connectivity index (χ2v) is 7.33. The Bertz CT molecular complexity index is 1350. The minimum absolute atomic E-state index is 0.729. The molecule has 0 radical (unpaired) electrons. The van der Waals surface area contributed by atoms with Crippen molar-refractivity contribution in [1.29, 1.82) is 0 Å². The highest BCUT2D eigenvalue weighted by Crippen LogP contribution is 2.20. The first-order chi connectivity index (χ1) is 14.3. The van der Waals surface area contributed by atoms with E-state index in [0.29, 0.717) is 0 Å². The van der Waals surface area contributed by atoms with Crippen molar-refractivity contribution in [1.82, 2.24) is 0 Å². The molecule has 29 heavy (non-hydrogen) atoms. The van der Waals surface area contributed by atoms with Gasteiger partial charge in [-0.1, -0.05) is 72.5 Å². The van der Waals surface area contributed by atoms with Crippen LogP contribution in [0.3, 0.4) is 0 Å². The second-order valence-electron chi connectivity index (χ2n) is 7.33. The molecular formula is C28H20O. The summed E-state index contributed by atoms with van der Waals surface area (Å²) >= 11 is 0. The van der Waals surface area contributed by atoms with Crippen molar-refractivity contribution in [3.63, 3.8) is 0 Å². The molecule has 1 nitrogen and oxygen atoms in total. The van der Waals surface area contributed by atoms with Crippen molar-refractivity contribution in [2.45, 2.75) is 12.8 Å². The van der Waals surface area contributed by atoms with Crippen LogP contribution < -0.4 is 0 Å². The largest absolute Gasteiger partial charge is 0.464 e. The van der Waals surface area contributed by atoms with Crippen molar-refractivity contribution in [2.75, 3.05) is 0 Å². The van der Waals surface area contributed by atoms with Crippen LogP contribution in [0.25, 0.3) is 21.7 Å². The van der Waals surface area contributed by atoms with E-state index in [-0.39, 0.29) is 0 Å². The lowest BCUT2D eigenvalue weighted by molar-refractivity contribution is 0.616. The molecule has 4 aromatic carbocycles. The zero-order valence-electron chi connectivity index (χ0n) is 16.1. The molecule has 0 aliphatic rings. The lowest BCUT2D eigenvalue weighted by atomic mass is 10.00. The topological polar surface area (TPSA) is 13.1 Å². The lowest BCUT2D eigenvalue weighted by Gasteiger charge is -2.05. The number of rotatable bonds is 3. The monoisotopic (exact) mass is 372 g/mol. The normalized spacial score (nSPS) is 10.8. The Morgan fingerprint density at radius 2 is 1.45 bits per heavy atom. The van der Waals surface area contributed by atoms with Crippen molar-refractivity contribution in [3.8, 4) is 11.8 Å². The molecule has 1 aromatic heterocycles. The molecule has 0 atom stereocenters. The van der Waals surface area contributed by atoms with Crippen LogP contribution in [0.5, 0.6) is 0 Å². The van der Waals surface area contributed by atoms with Crippen LogP contribution >= 0.6 is 0 Å². The smallest absolute Gasteiger partial charge is 0.133 e. The standard InChI is InChI=1S/C28H20O/c1-2-5-21(6-3-1)17-24-10-13-25-12-9-22(19-27(25)20-24)7-4-8-23-11-14-28-26(18-23)15-16-29-28/h1-3,5-6,9-16,18-20H,8,17H2. The highest BCUT2D eigenvalue weighted by atomic mass is 16.3. The maximum atomic E-state index is 5.40. The summed E-state index contributed by atoms with van der Waals surface area (Å²) in [4.78, 5) is 0. The van der Waals surface area contributed by atoms with Gasteiger partial charge in [0, 0.05) is 17.4 Å². The Kier molecular flexibility index (Phi) is 4.60. The van der Waals surface area contributed by atoms with Crippen molar-refractivity contribution in [2.24, 2.45) is 0 Å². The maximum absolute atomic E-state index is 5.40. The van der Waals surface area contributed by atoms with Gasteiger partial charge >= 0.3 is 0 Å². The predicted molar refractivity (Wildman–Crippen MR) is 120 cm³/mol. The molecule has 1 heterocycles. The zero-order chi connectivity index (χ0) is 19.5. The Labute approximate surface area is 170 Å². The fourth-order valence-corrected chi connectivity index (χ4v) is 3.69. The van der Waals surface area contributed by atoms with E-state index in [1.54, 1.807) is 6.26 Å². The first-order valence-electron chi connectivity index (χ1n) is 9.85. The van der Waals surface area contributed by atoms with Crippen LogP contribution in [0.2, 0.25) is 0 Å². The molecule has 0 unspecified atom stereocenters. The second kappa shape index (κ2) is 7.70. The minimum atomic E-state index is 0.729. The summed E-state index contributed by atoms with van der Waals surface area (Å²) in [6, 6.07) is 32.0. The molecule has 0 spiro atoms. The fraction of sp³-hybridized carbons (Fsp3) is 0.0714. The Morgan fingerprint density at radius 3 is 2.38 bits per heavy atom. The SMILES string of the molecule is C(#Cc1ccc2ccc(Cc3ccccc3)cc2c1)Cc1ccc2occc2c1. The highest BCUT2D eigenvalue weighted by Gasteiger charge is 2.00. The third-order valence-corrected chi connectivity index (χ3v) is 5.20. The number of fused-ring (bicyclic) bond motifs is 2. The van der Waals surface area contributed by atoms with Crippen molar-refractivity contribution in [3.05, 3.63) is 120 Å². The predicted octanol–water partition coefficient (Wildman–Crippen LogP) is 6.77. The minimum Gasteiger partial charge on any atom is -0.464 e. The van der Waals surface area contributed by atoms with Crippen LogP contribution in [0.4, 0.5) is 0 Å². The van der Waals surface area contributed by atoms with Gasteiger partial charge in [-0.05, 0) is 64.2 Å². The average Bonchev–Trinajstić information content (AvgIpc) is 3.22. The van der Waals surface area contributed by atoms with Crippen LogP contribution in [0, 0.1) is 11.8 Å². The summed E-state index contributed by atoms with van der Waals surface area (Å²) in [5.41, 5.74) is 5.83. The first kappa shape index (κ1) is 17.3. The molecule has 0 bridgehead atoms. The molecule has 0 aliphatic heterocycles. The zero-order valence-corrected chi connectivity index (χ0v) is 16.1. The molecule has 1 heteroatoms. The van der Waals surface area contributed by atoms with E-state index in [2.05, 4.69) is 90.7 Å². The molecule has 0 fully saturated rings. The van der Waals surface area contributed by atoms with Gasteiger partial charge in [-0.25, -0.2) is 0 Å². The van der Waals surface area contributed by atoms with E-state index in [9.17, 15) is 0 Å². The van der Waals surface area contributed by atoms with E-state index >= 15 is 0 Å². The third-order valence-electron chi connectivity index (χ3n) is 5.20. The Balaban J connectivity index is 1.37. The van der Waals surface area contributed by atoms with Crippen LogP contribution in [-0.4, -0.2) is 0 Å². The van der Waals surface area contributed by atoms with Gasteiger partial charge in [-0.2, -0.15) is 0 Å².